The Hall–Kier alpha value is -3.60. The fraction of sp³-hybridized carbons (Fsp3) is 0.200. The van der Waals surface area contributed by atoms with Crippen LogP contribution in [0.1, 0.15) is 18.4 Å². The van der Waals surface area contributed by atoms with Crippen LogP contribution in [-0.2, 0) is 4.79 Å². The number of fused-ring (bicyclic) bond motifs is 1. The highest BCUT2D eigenvalue weighted by molar-refractivity contribution is 5.96. The molecular formula is C25H25N3O2. The van der Waals surface area contributed by atoms with Crippen molar-refractivity contribution >= 4 is 34.5 Å². The van der Waals surface area contributed by atoms with Gasteiger partial charge < -0.3 is 15.5 Å². The first-order valence-electron chi connectivity index (χ1n) is 10.3. The van der Waals surface area contributed by atoms with Gasteiger partial charge in [0.05, 0.1) is 0 Å². The van der Waals surface area contributed by atoms with Crippen molar-refractivity contribution in [1.29, 1.82) is 0 Å². The molecule has 4 rings (SSSR count). The first-order valence-corrected chi connectivity index (χ1v) is 10.3. The average Bonchev–Trinajstić information content (AvgIpc) is 2.79. The number of likely N-dealkylation sites (tertiary alicyclic amines) is 1. The number of carbonyl (C=O) groups excluding carboxylic acids is 2. The maximum absolute atomic E-state index is 12.4. The summed E-state index contributed by atoms with van der Waals surface area (Å²) in [5.74, 6) is -0.102. The second-order valence-corrected chi connectivity index (χ2v) is 7.47. The van der Waals surface area contributed by atoms with E-state index in [-0.39, 0.29) is 18.0 Å². The maximum Gasteiger partial charge on any atom is 0.321 e. The highest BCUT2D eigenvalue weighted by Crippen LogP contribution is 2.19. The molecule has 1 aliphatic heterocycles. The van der Waals surface area contributed by atoms with Crippen LogP contribution >= 0.6 is 0 Å². The minimum atomic E-state index is -0.102. The fourth-order valence-electron chi connectivity index (χ4n) is 3.76. The molecular weight excluding hydrogens is 374 g/mol. The quantitative estimate of drug-likeness (QED) is 0.627. The van der Waals surface area contributed by atoms with Gasteiger partial charge in [-0.3, -0.25) is 4.79 Å². The Bertz CT molecular complexity index is 1050. The van der Waals surface area contributed by atoms with Crippen LogP contribution in [0, 0.1) is 0 Å². The van der Waals surface area contributed by atoms with E-state index in [2.05, 4.69) is 28.8 Å². The number of carbonyl (C=O) groups is 2. The van der Waals surface area contributed by atoms with Crippen LogP contribution < -0.4 is 10.6 Å². The average molecular weight is 399 g/mol. The molecule has 1 saturated heterocycles. The van der Waals surface area contributed by atoms with E-state index in [1.165, 1.54) is 0 Å². The smallest absolute Gasteiger partial charge is 0.321 e. The Morgan fingerprint density at radius 3 is 2.37 bits per heavy atom. The van der Waals surface area contributed by atoms with Crippen LogP contribution in [-0.4, -0.2) is 36.0 Å². The summed E-state index contributed by atoms with van der Waals surface area (Å²) in [5, 5.41) is 8.25. The Labute approximate surface area is 176 Å². The summed E-state index contributed by atoms with van der Waals surface area (Å²) >= 11 is 0. The van der Waals surface area contributed by atoms with Gasteiger partial charge >= 0.3 is 6.03 Å². The van der Waals surface area contributed by atoms with Crippen molar-refractivity contribution < 1.29 is 9.59 Å². The number of nitrogens with zero attached hydrogens (tertiary/aromatic N) is 1. The Balaban J connectivity index is 1.28. The zero-order valence-electron chi connectivity index (χ0n) is 16.8. The van der Waals surface area contributed by atoms with Crippen molar-refractivity contribution in [1.82, 2.24) is 10.2 Å². The van der Waals surface area contributed by atoms with Gasteiger partial charge in [-0.15, -0.1) is 0 Å². The minimum absolute atomic E-state index is 0.0791. The predicted molar refractivity (Wildman–Crippen MR) is 121 cm³/mol. The normalized spacial score (nSPS) is 14.7. The molecule has 30 heavy (non-hydrogen) atoms. The molecule has 0 bridgehead atoms. The van der Waals surface area contributed by atoms with Crippen LogP contribution in [0.15, 0.2) is 78.9 Å². The van der Waals surface area contributed by atoms with Crippen molar-refractivity contribution in [3.8, 4) is 0 Å². The van der Waals surface area contributed by atoms with E-state index in [1.54, 1.807) is 11.0 Å². The SMILES string of the molecule is O=C(C=Cc1cccc2ccccc12)NC1CCN(C(=O)Nc2ccccc2)CC1. The summed E-state index contributed by atoms with van der Waals surface area (Å²) < 4.78 is 0. The second kappa shape index (κ2) is 9.27. The Kier molecular flexibility index (Phi) is 6.09. The van der Waals surface area contributed by atoms with E-state index in [9.17, 15) is 9.59 Å². The molecule has 1 heterocycles. The molecule has 0 spiro atoms. The number of hydrogen-bond donors (Lipinski definition) is 2. The predicted octanol–water partition coefficient (Wildman–Crippen LogP) is 4.67. The van der Waals surface area contributed by atoms with Crippen molar-refractivity contribution in [3.63, 3.8) is 0 Å². The third-order valence-electron chi connectivity index (χ3n) is 5.39. The lowest BCUT2D eigenvalue weighted by Crippen LogP contribution is -2.47. The summed E-state index contributed by atoms with van der Waals surface area (Å²) in [6, 6.07) is 23.6. The number of hydrogen-bond acceptors (Lipinski definition) is 2. The van der Waals surface area contributed by atoms with Crippen LogP contribution in [0.25, 0.3) is 16.8 Å². The number of nitrogens with one attached hydrogen (secondary N) is 2. The van der Waals surface area contributed by atoms with Gasteiger partial charge in [0.2, 0.25) is 5.91 Å². The monoisotopic (exact) mass is 399 g/mol. The van der Waals surface area contributed by atoms with Crippen LogP contribution in [0.2, 0.25) is 0 Å². The van der Waals surface area contributed by atoms with Crippen molar-refractivity contribution in [2.75, 3.05) is 18.4 Å². The zero-order valence-corrected chi connectivity index (χ0v) is 16.8. The molecule has 0 unspecified atom stereocenters. The summed E-state index contributed by atoms with van der Waals surface area (Å²) in [4.78, 5) is 26.6. The lowest BCUT2D eigenvalue weighted by molar-refractivity contribution is -0.117. The molecule has 3 aromatic rings. The van der Waals surface area contributed by atoms with E-state index in [0.29, 0.717) is 13.1 Å². The van der Waals surface area contributed by atoms with Gasteiger partial charge in [0, 0.05) is 30.9 Å². The number of piperidine rings is 1. The molecule has 3 amide bonds. The summed E-state index contributed by atoms with van der Waals surface area (Å²) in [6.07, 6.45) is 4.95. The van der Waals surface area contributed by atoms with Crippen molar-refractivity contribution in [2.45, 2.75) is 18.9 Å². The maximum atomic E-state index is 12.4. The van der Waals surface area contributed by atoms with Crippen LogP contribution in [0.5, 0.6) is 0 Å². The molecule has 5 heteroatoms. The Morgan fingerprint density at radius 2 is 1.57 bits per heavy atom. The largest absolute Gasteiger partial charge is 0.350 e. The minimum Gasteiger partial charge on any atom is -0.350 e. The third kappa shape index (κ3) is 4.87. The van der Waals surface area contributed by atoms with Gasteiger partial charge in [0.25, 0.3) is 0 Å². The van der Waals surface area contributed by atoms with Gasteiger partial charge in [-0.05, 0) is 47.4 Å². The molecule has 0 aliphatic carbocycles. The Morgan fingerprint density at radius 1 is 0.867 bits per heavy atom. The van der Waals surface area contributed by atoms with E-state index in [1.807, 2.05) is 60.7 Å². The summed E-state index contributed by atoms with van der Waals surface area (Å²) in [7, 11) is 0. The van der Waals surface area contributed by atoms with Gasteiger partial charge in [-0.1, -0.05) is 60.7 Å². The molecule has 0 saturated carbocycles. The molecule has 1 fully saturated rings. The molecule has 0 atom stereocenters. The first-order chi connectivity index (χ1) is 14.7. The highest BCUT2D eigenvalue weighted by atomic mass is 16.2. The molecule has 0 radical (unpaired) electrons. The standard InChI is InChI=1S/C25H25N3O2/c29-24(14-13-20-9-6-8-19-7-4-5-12-23(19)20)26-22-15-17-28(18-16-22)25(30)27-21-10-2-1-3-11-21/h1-14,22H,15-18H2,(H,26,29)(H,27,30). The lowest BCUT2D eigenvalue weighted by atomic mass is 10.0. The zero-order chi connectivity index (χ0) is 20.8. The van der Waals surface area contributed by atoms with Crippen LogP contribution in [0.3, 0.4) is 0 Å². The second-order valence-electron chi connectivity index (χ2n) is 7.47. The summed E-state index contributed by atoms with van der Waals surface area (Å²) in [6.45, 7) is 1.24. The van der Waals surface area contributed by atoms with E-state index in [0.717, 1.165) is 34.9 Å². The molecule has 1 aliphatic rings. The van der Waals surface area contributed by atoms with E-state index in [4.69, 9.17) is 0 Å². The lowest BCUT2D eigenvalue weighted by Gasteiger charge is -2.32. The van der Waals surface area contributed by atoms with Gasteiger partial charge in [0.15, 0.2) is 0 Å². The molecule has 0 aromatic heterocycles. The number of urea groups is 1. The fourth-order valence-corrected chi connectivity index (χ4v) is 3.76. The first kappa shape index (κ1) is 19.7. The van der Waals surface area contributed by atoms with Crippen molar-refractivity contribution in [2.24, 2.45) is 0 Å². The number of amides is 3. The van der Waals surface area contributed by atoms with Gasteiger partial charge in [0.1, 0.15) is 0 Å². The molecule has 5 nitrogen and oxygen atoms in total. The number of benzene rings is 3. The number of anilines is 1. The van der Waals surface area contributed by atoms with Crippen LogP contribution in [0.4, 0.5) is 10.5 Å². The topological polar surface area (TPSA) is 61.4 Å². The number of rotatable bonds is 4. The third-order valence-corrected chi connectivity index (χ3v) is 5.39. The molecule has 2 N–H and O–H groups in total. The van der Waals surface area contributed by atoms with Gasteiger partial charge in [-0.25, -0.2) is 4.79 Å². The number of para-hydroxylation sites is 1. The van der Waals surface area contributed by atoms with Crippen molar-refractivity contribution in [3.05, 3.63) is 84.4 Å². The van der Waals surface area contributed by atoms with E-state index < -0.39 is 0 Å². The summed E-state index contributed by atoms with van der Waals surface area (Å²) in [5.41, 5.74) is 1.81. The molecule has 152 valence electrons. The molecule has 3 aromatic carbocycles. The van der Waals surface area contributed by atoms with Gasteiger partial charge in [-0.2, -0.15) is 0 Å². The highest BCUT2D eigenvalue weighted by Gasteiger charge is 2.23. The van der Waals surface area contributed by atoms with E-state index >= 15 is 0 Å².